The summed E-state index contributed by atoms with van der Waals surface area (Å²) < 4.78 is 25.9. The third-order valence-corrected chi connectivity index (χ3v) is 5.11. The molecule has 0 aromatic heterocycles. The van der Waals surface area contributed by atoms with Crippen LogP contribution < -0.4 is 5.73 Å². The highest BCUT2D eigenvalue weighted by Gasteiger charge is 2.26. The van der Waals surface area contributed by atoms with Crippen molar-refractivity contribution in [3.63, 3.8) is 0 Å². The van der Waals surface area contributed by atoms with E-state index in [1.165, 1.54) is 16.4 Å². The number of nitrogen functional groups attached to an aromatic ring is 1. The lowest BCUT2D eigenvalue weighted by molar-refractivity contribution is 0.381. The second-order valence-corrected chi connectivity index (χ2v) is 6.36. The van der Waals surface area contributed by atoms with Gasteiger partial charge in [-0.25, -0.2) is 8.42 Å². The molecule has 0 radical (unpaired) electrons. The van der Waals surface area contributed by atoms with E-state index in [4.69, 9.17) is 17.3 Å². The molecule has 0 spiro atoms. The van der Waals surface area contributed by atoms with Gasteiger partial charge in [0, 0.05) is 18.1 Å². The van der Waals surface area contributed by atoms with Crippen molar-refractivity contribution < 1.29 is 8.42 Å². The molecule has 0 heterocycles. The third kappa shape index (κ3) is 2.91. The minimum atomic E-state index is -3.58. The molecule has 17 heavy (non-hydrogen) atoms. The molecular formula is C11H17ClN2O2S. The lowest BCUT2D eigenvalue weighted by Crippen LogP contribution is -2.35. The maximum atomic E-state index is 12.3. The molecule has 0 bridgehead atoms. The predicted octanol–water partition coefficient (Wildman–Crippen LogP) is 2.34. The first kappa shape index (κ1) is 14.3. The summed E-state index contributed by atoms with van der Waals surface area (Å²) in [6, 6.07) is 4.36. The molecule has 0 saturated heterocycles. The topological polar surface area (TPSA) is 63.4 Å². The van der Waals surface area contributed by atoms with E-state index in [-0.39, 0.29) is 16.6 Å². The highest BCUT2D eigenvalue weighted by molar-refractivity contribution is 7.89. The van der Waals surface area contributed by atoms with E-state index in [0.717, 1.165) is 6.42 Å². The average Bonchev–Trinajstić information content (AvgIpc) is 2.30. The van der Waals surface area contributed by atoms with E-state index in [2.05, 4.69) is 0 Å². The normalized spacial score (nSPS) is 13.9. The second kappa shape index (κ2) is 5.25. The Bertz CT molecular complexity index is 502. The Hall–Kier alpha value is -0.780. The number of anilines is 1. The van der Waals surface area contributed by atoms with Crippen LogP contribution in [0.5, 0.6) is 0 Å². The van der Waals surface area contributed by atoms with E-state index in [9.17, 15) is 8.42 Å². The molecule has 0 aliphatic carbocycles. The van der Waals surface area contributed by atoms with Crippen LogP contribution >= 0.6 is 11.6 Å². The Morgan fingerprint density at radius 1 is 1.47 bits per heavy atom. The molecule has 1 unspecified atom stereocenters. The van der Waals surface area contributed by atoms with Gasteiger partial charge < -0.3 is 5.73 Å². The van der Waals surface area contributed by atoms with Gasteiger partial charge >= 0.3 is 0 Å². The largest absolute Gasteiger partial charge is 0.398 e. The van der Waals surface area contributed by atoms with Gasteiger partial charge in [0.1, 0.15) is 4.90 Å². The summed E-state index contributed by atoms with van der Waals surface area (Å²) in [7, 11) is -2.03. The van der Waals surface area contributed by atoms with Crippen LogP contribution in [0.4, 0.5) is 5.69 Å². The van der Waals surface area contributed by atoms with Gasteiger partial charge in [-0.2, -0.15) is 4.31 Å². The number of benzene rings is 1. The summed E-state index contributed by atoms with van der Waals surface area (Å²) in [6.45, 7) is 3.77. The van der Waals surface area contributed by atoms with Gasteiger partial charge in [0.2, 0.25) is 10.0 Å². The van der Waals surface area contributed by atoms with Crippen molar-refractivity contribution in [2.24, 2.45) is 0 Å². The molecule has 6 heteroatoms. The van der Waals surface area contributed by atoms with Gasteiger partial charge in [-0.05, 0) is 31.5 Å². The minimum absolute atomic E-state index is 0.0628. The number of hydrogen-bond acceptors (Lipinski definition) is 3. The lowest BCUT2D eigenvalue weighted by atomic mass is 10.3. The van der Waals surface area contributed by atoms with Gasteiger partial charge in [-0.3, -0.25) is 0 Å². The number of sulfonamides is 1. The molecule has 0 saturated carbocycles. The van der Waals surface area contributed by atoms with E-state index < -0.39 is 10.0 Å². The van der Waals surface area contributed by atoms with Crippen LogP contribution in [0.15, 0.2) is 23.1 Å². The number of nitrogens with two attached hydrogens (primary N) is 1. The van der Waals surface area contributed by atoms with Crippen molar-refractivity contribution in [1.29, 1.82) is 0 Å². The van der Waals surface area contributed by atoms with Crippen LogP contribution in [0.3, 0.4) is 0 Å². The van der Waals surface area contributed by atoms with Crippen LogP contribution in [0, 0.1) is 0 Å². The molecule has 96 valence electrons. The van der Waals surface area contributed by atoms with E-state index in [1.807, 2.05) is 13.8 Å². The van der Waals surface area contributed by atoms with Crippen molar-refractivity contribution >= 4 is 27.3 Å². The van der Waals surface area contributed by atoms with Crippen LogP contribution in [-0.4, -0.2) is 25.8 Å². The SMILES string of the molecule is CCC(C)N(C)S(=O)(=O)c1cc(Cl)ccc1N. The number of halogens is 1. The maximum absolute atomic E-state index is 12.3. The van der Waals surface area contributed by atoms with Crippen LogP contribution in [0.25, 0.3) is 0 Å². The predicted molar refractivity (Wildman–Crippen MR) is 70.6 cm³/mol. The van der Waals surface area contributed by atoms with Crippen molar-refractivity contribution in [3.8, 4) is 0 Å². The van der Waals surface area contributed by atoms with E-state index in [1.54, 1.807) is 13.1 Å². The zero-order chi connectivity index (χ0) is 13.2. The number of rotatable bonds is 4. The Morgan fingerprint density at radius 3 is 2.59 bits per heavy atom. The third-order valence-electron chi connectivity index (χ3n) is 2.84. The van der Waals surface area contributed by atoms with Crippen LogP contribution in [-0.2, 0) is 10.0 Å². The highest BCUT2D eigenvalue weighted by Crippen LogP contribution is 2.26. The van der Waals surface area contributed by atoms with Gasteiger partial charge in [-0.15, -0.1) is 0 Å². The summed E-state index contributed by atoms with van der Waals surface area (Å²) in [5, 5.41) is 0.357. The zero-order valence-electron chi connectivity index (χ0n) is 10.1. The zero-order valence-corrected chi connectivity index (χ0v) is 11.7. The Balaban J connectivity index is 3.26. The van der Waals surface area contributed by atoms with Crippen molar-refractivity contribution in [2.75, 3.05) is 12.8 Å². The summed E-state index contributed by atoms with van der Waals surface area (Å²) in [5.41, 5.74) is 5.90. The second-order valence-electron chi connectivity index (χ2n) is 3.96. The molecule has 0 aliphatic rings. The minimum Gasteiger partial charge on any atom is -0.398 e. The van der Waals surface area contributed by atoms with Gasteiger partial charge in [-0.1, -0.05) is 18.5 Å². The molecule has 2 N–H and O–H groups in total. The Morgan fingerprint density at radius 2 is 2.06 bits per heavy atom. The first-order valence-electron chi connectivity index (χ1n) is 5.33. The van der Waals surface area contributed by atoms with Crippen LogP contribution in [0.1, 0.15) is 20.3 Å². The van der Waals surface area contributed by atoms with E-state index >= 15 is 0 Å². The van der Waals surface area contributed by atoms with E-state index in [0.29, 0.717) is 5.02 Å². The van der Waals surface area contributed by atoms with Crippen molar-refractivity contribution in [2.45, 2.75) is 31.2 Å². The fraction of sp³-hybridized carbons (Fsp3) is 0.455. The number of nitrogens with zero attached hydrogens (tertiary/aromatic N) is 1. The molecule has 1 aromatic rings. The summed E-state index contributed by atoms with van der Waals surface area (Å²) in [5.74, 6) is 0. The summed E-state index contributed by atoms with van der Waals surface area (Å²) >= 11 is 5.80. The Labute approximate surface area is 107 Å². The molecule has 1 aromatic carbocycles. The first-order chi connectivity index (χ1) is 7.80. The monoisotopic (exact) mass is 276 g/mol. The molecule has 1 atom stereocenters. The molecular weight excluding hydrogens is 260 g/mol. The highest BCUT2D eigenvalue weighted by atomic mass is 35.5. The smallest absolute Gasteiger partial charge is 0.245 e. The quantitative estimate of drug-likeness (QED) is 0.859. The first-order valence-corrected chi connectivity index (χ1v) is 7.15. The van der Waals surface area contributed by atoms with Gasteiger partial charge in [0.25, 0.3) is 0 Å². The van der Waals surface area contributed by atoms with Crippen LogP contribution in [0.2, 0.25) is 5.02 Å². The van der Waals surface area contributed by atoms with Crippen molar-refractivity contribution in [1.82, 2.24) is 4.31 Å². The van der Waals surface area contributed by atoms with Crippen molar-refractivity contribution in [3.05, 3.63) is 23.2 Å². The maximum Gasteiger partial charge on any atom is 0.245 e. The number of hydrogen-bond donors (Lipinski definition) is 1. The molecule has 4 nitrogen and oxygen atoms in total. The fourth-order valence-electron chi connectivity index (χ4n) is 1.38. The molecule has 0 aliphatic heterocycles. The average molecular weight is 277 g/mol. The van der Waals surface area contributed by atoms with Gasteiger partial charge in [0.15, 0.2) is 0 Å². The summed E-state index contributed by atoms with van der Waals surface area (Å²) in [4.78, 5) is 0.0628. The lowest BCUT2D eigenvalue weighted by Gasteiger charge is -2.23. The molecule has 1 rings (SSSR count). The Kier molecular flexibility index (Phi) is 4.41. The fourth-order valence-corrected chi connectivity index (χ4v) is 3.19. The standard InChI is InChI=1S/C11H17ClN2O2S/c1-4-8(2)14(3)17(15,16)11-7-9(12)5-6-10(11)13/h5-8H,4,13H2,1-3H3. The summed E-state index contributed by atoms with van der Waals surface area (Å²) in [6.07, 6.45) is 0.732. The van der Waals surface area contributed by atoms with Gasteiger partial charge in [0.05, 0.1) is 5.69 Å². The molecule has 0 amide bonds. The molecule has 0 fully saturated rings.